The number of anilines is 2. The van der Waals surface area contributed by atoms with Gasteiger partial charge in [-0.1, -0.05) is 0 Å². The first-order chi connectivity index (χ1) is 14.7. The molecule has 5 rings (SSSR count). The predicted octanol–water partition coefficient (Wildman–Crippen LogP) is 0.788. The van der Waals surface area contributed by atoms with Gasteiger partial charge in [0.1, 0.15) is 5.82 Å². The molecule has 3 aromatic rings. The van der Waals surface area contributed by atoms with Crippen LogP contribution in [0, 0.1) is 12.8 Å². The van der Waals surface area contributed by atoms with E-state index in [1.165, 1.54) is 0 Å². The summed E-state index contributed by atoms with van der Waals surface area (Å²) in [6.07, 6.45) is 5.21. The number of rotatable bonds is 3. The summed E-state index contributed by atoms with van der Waals surface area (Å²) >= 11 is 0. The number of aromatic nitrogens is 6. The van der Waals surface area contributed by atoms with Crippen LogP contribution in [0.4, 0.5) is 11.8 Å². The fraction of sp³-hybridized carbons (Fsp3) is 0.500. The van der Waals surface area contributed by atoms with Gasteiger partial charge in [0.25, 0.3) is 0 Å². The topological polar surface area (TPSA) is 95.7 Å². The normalized spacial score (nSPS) is 18.2. The summed E-state index contributed by atoms with van der Waals surface area (Å²) in [6.45, 7) is 6.55. The van der Waals surface area contributed by atoms with Crippen molar-refractivity contribution in [1.82, 2.24) is 34.7 Å². The lowest BCUT2D eigenvalue weighted by atomic mass is 9.95. The van der Waals surface area contributed by atoms with E-state index in [9.17, 15) is 4.79 Å². The minimum atomic E-state index is 0.0844. The van der Waals surface area contributed by atoms with E-state index in [2.05, 4.69) is 35.1 Å². The predicted molar refractivity (Wildman–Crippen MR) is 111 cm³/mol. The van der Waals surface area contributed by atoms with Crippen molar-refractivity contribution in [2.45, 2.75) is 19.8 Å². The molecule has 2 aliphatic heterocycles. The third kappa shape index (κ3) is 3.53. The number of piperidine rings is 1. The molecule has 30 heavy (non-hydrogen) atoms. The van der Waals surface area contributed by atoms with Gasteiger partial charge in [0.15, 0.2) is 11.5 Å². The lowest BCUT2D eigenvalue weighted by Gasteiger charge is -2.38. The summed E-state index contributed by atoms with van der Waals surface area (Å²) < 4.78 is 1.77. The van der Waals surface area contributed by atoms with Crippen LogP contribution in [0.3, 0.4) is 0 Å². The molecule has 0 aliphatic carbocycles. The summed E-state index contributed by atoms with van der Waals surface area (Å²) in [5, 5.41) is 12.8. The number of fused-ring (bicyclic) bond motifs is 1. The van der Waals surface area contributed by atoms with Gasteiger partial charge in [-0.2, -0.15) is 4.52 Å². The van der Waals surface area contributed by atoms with Crippen molar-refractivity contribution in [2.24, 2.45) is 5.92 Å². The first kappa shape index (κ1) is 18.7. The van der Waals surface area contributed by atoms with E-state index in [1.807, 2.05) is 30.0 Å². The van der Waals surface area contributed by atoms with E-state index >= 15 is 0 Å². The molecule has 1 amide bonds. The Morgan fingerprint density at radius 2 is 1.67 bits per heavy atom. The van der Waals surface area contributed by atoms with Crippen LogP contribution in [-0.2, 0) is 4.79 Å². The van der Waals surface area contributed by atoms with Crippen molar-refractivity contribution < 1.29 is 4.79 Å². The van der Waals surface area contributed by atoms with Crippen molar-refractivity contribution in [2.75, 3.05) is 49.1 Å². The van der Waals surface area contributed by atoms with E-state index in [1.54, 1.807) is 16.9 Å². The maximum Gasteiger partial charge on any atom is 0.225 e. The van der Waals surface area contributed by atoms with Gasteiger partial charge in [0.05, 0.1) is 0 Å². The molecule has 0 N–H and O–H groups in total. The molecule has 2 aliphatic rings. The van der Waals surface area contributed by atoms with Crippen LogP contribution in [0.2, 0.25) is 0 Å². The zero-order valence-corrected chi connectivity index (χ0v) is 17.1. The van der Waals surface area contributed by atoms with Crippen molar-refractivity contribution in [3.8, 4) is 0 Å². The van der Waals surface area contributed by atoms with Crippen LogP contribution >= 0.6 is 0 Å². The molecule has 10 heteroatoms. The number of hydrogen-bond donors (Lipinski definition) is 0. The number of nitrogens with zero attached hydrogens (tertiary/aromatic N) is 9. The molecule has 156 valence electrons. The second kappa shape index (κ2) is 7.85. The van der Waals surface area contributed by atoms with Crippen molar-refractivity contribution in [1.29, 1.82) is 0 Å². The van der Waals surface area contributed by atoms with Crippen LogP contribution in [0.15, 0.2) is 30.6 Å². The number of carbonyl (C=O) groups excluding carboxylic acids is 1. The van der Waals surface area contributed by atoms with Crippen molar-refractivity contribution in [3.63, 3.8) is 0 Å². The van der Waals surface area contributed by atoms with Crippen LogP contribution < -0.4 is 9.80 Å². The van der Waals surface area contributed by atoms with E-state index < -0.39 is 0 Å². The van der Waals surface area contributed by atoms with Gasteiger partial charge in [-0.25, -0.2) is 9.97 Å². The van der Waals surface area contributed by atoms with Gasteiger partial charge in [0, 0.05) is 57.6 Å². The highest BCUT2D eigenvalue weighted by atomic mass is 16.2. The number of carbonyl (C=O) groups is 1. The van der Waals surface area contributed by atoms with Gasteiger partial charge in [-0.3, -0.25) is 4.79 Å². The summed E-state index contributed by atoms with van der Waals surface area (Å²) in [6, 6.07) is 5.74. The molecule has 0 aromatic carbocycles. The van der Waals surface area contributed by atoms with Crippen LogP contribution in [0.5, 0.6) is 0 Å². The van der Waals surface area contributed by atoms with Gasteiger partial charge in [-0.05, 0) is 38.0 Å². The Bertz CT molecular complexity index is 1020. The number of hydrogen-bond acceptors (Lipinski definition) is 8. The maximum absolute atomic E-state index is 13.0. The minimum Gasteiger partial charge on any atom is -0.355 e. The lowest BCUT2D eigenvalue weighted by Crippen LogP contribution is -2.52. The SMILES string of the molecule is Cc1nnc2ccc(N3CCC(C(=O)N4CCN(c5ncccn5)CC4)CC3)nn12. The highest BCUT2D eigenvalue weighted by Crippen LogP contribution is 2.24. The molecule has 0 atom stereocenters. The first-order valence-electron chi connectivity index (χ1n) is 10.4. The molecule has 2 fully saturated rings. The zero-order chi connectivity index (χ0) is 20.5. The van der Waals surface area contributed by atoms with Gasteiger partial charge >= 0.3 is 0 Å². The van der Waals surface area contributed by atoms with E-state index in [0.717, 1.165) is 75.3 Å². The number of piperazine rings is 1. The highest BCUT2D eigenvalue weighted by Gasteiger charge is 2.31. The Balaban J connectivity index is 1.16. The van der Waals surface area contributed by atoms with E-state index in [-0.39, 0.29) is 11.8 Å². The molecular formula is C20H25N9O. The first-order valence-corrected chi connectivity index (χ1v) is 10.4. The summed E-state index contributed by atoms with van der Waals surface area (Å²) in [5.74, 6) is 2.79. The number of amides is 1. The van der Waals surface area contributed by atoms with Crippen molar-refractivity contribution >= 4 is 23.3 Å². The van der Waals surface area contributed by atoms with Gasteiger partial charge < -0.3 is 14.7 Å². The maximum atomic E-state index is 13.0. The largest absolute Gasteiger partial charge is 0.355 e. The minimum absolute atomic E-state index is 0.0844. The molecule has 0 bridgehead atoms. The van der Waals surface area contributed by atoms with Crippen molar-refractivity contribution in [3.05, 3.63) is 36.4 Å². The van der Waals surface area contributed by atoms with Crippen LogP contribution in [-0.4, -0.2) is 79.9 Å². The molecule has 0 radical (unpaired) electrons. The molecule has 2 saturated heterocycles. The third-order valence-electron chi connectivity index (χ3n) is 6.00. The van der Waals surface area contributed by atoms with Crippen LogP contribution in [0.1, 0.15) is 18.7 Å². The molecule has 5 heterocycles. The Kier molecular flexibility index (Phi) is 4.89. The molecular weight excluding hydrogens is 382 g/mol. The molecule has 3 aromatic heterocycles. The summed E-state index contributed by atoms with van der Waals surface area (Å²) in [7, 11) is 0. The average Bonchev–Trinajstić information content (AvgIpc) is 3.19. The molecule has 0 unspecified atom stereocenters. The quantitative estimate of drug-likeness (QED) is 0.629. The average molecular weight is 407 g/mol. The Hall–Kier alpha value is -3.30. The second-order valence-corrected chi connectivity index (χ2v) is 7.83. The lowest BCUT2D eigenvalue weighted by molar-refractivity contribution is -0.136. The Labute approximate surface area is 174 Å². The summed E-state index contributed by atoms with van der Waals surface area (Å²) in [4.78, 5) is 28.1. The molecule has 0 saturated carbocycles. The number of aryl methyl sites for hydroxylation is 1. The highest BCUT2D eigenvalue weighted by molar-refractivity contribution is 5.79. The van der Waals surface area contributed by atoms with E-state index in [4.69, 9.17) is 0 Å². The monoisotopic (exact) mass is 407 g/mol. The zero-order valence-electron chi connectivity index (χ0n) is 17.1. The van der Waals surface area contributed by atoms with E-state index in [0.29, 0.717) is 0 Å². The second-order valence-electron chi connectivity index (χ2n) is 7.83. The Morgan fingerprint density at radius 3 is 2.40 bits per heavy atom. The summed E-state index contributed by atoms with van der Waals surface area (Å²) in [5.41, 5.74) is 0.751. The van der Waals surface area contributed by atoms with Crippen LogP contribution in [0.25, 0.3) is 5.65 Å². The molecule has 10 nitrogen and oxygen atoms in total. The Morgan fingerprint density at radius 1 is 0.933 bits per heavy atom. The standard InChI is InChI=1S/C20H25N9O/c1-15-23-24-17-3-4-18(25-29(15)17)26-9-5-16(6-10-26)19(30)27-11-13-28(14-12-27)20-21-7-2-8-22-20/h2-4,7-8,16H,5-6,9-14H2,1H3. The fourth-order valence-electron chi connectivity index (χ4n) is 4.25. The van der Waals surface area contributed by atoms with Gasteiger partial charge in [0.2, 0.25) is 11.9 Å². The molecule has 0 spiro atoms. The third-order valence-corrected chi connectivity index (χ3v) is 6.00. The van der Waals surface area contributed by atoms with Gasteiger partial charge in [-0.15, -0.1) is 15.3 Å². The smallest absolute Gasteiger partial charge is 0.225 e. The fourth-order valence-corrected chi connectivity index (χ4v) is 4.25.